The number of hydrogen-bond acceptors (Lipinski definition) is 5. The lowest BCUT2D eigenvalue weighted by Gasteiger charge is -2.11. The fraction of sp³-hybridized carbons (Fsp3) is 0.385. The van der Waals surface area contributed by atoms with Gasteiger partial charge < -0.3 is 10.6 Å². The Bertz CT molecular complexity index is 737. The van der Waals surface area contributed by atoms with Gasteiger partial charge in [-0.1, -0.05) is 23.5 Å². The molecule has 1 fully saturated rings. The van der Waals surface area contributed by atoms with Crippen molar-refractivity contribution in [1.29, 1.82) is 0 Å². The lowest BCUT2D eigenvalue weighted by atomic mass is 10.1. The minimum atomic E-state index is -2.83. The zero-order valence-electron chi connectivity index (χ0n) is 11.2. The molecule has 3 rings (SSSR count). The highest BCUT2D eigenvalue weighted by Crippen LogP contribution is 2.25. The van der Waals surface area contributed by atoms with Gasteiger partial charge in [0.2, 0.25) is 0 Å². The van der Waals surface area contributed by atoms with Crippen LogP contribution in [0.3, 0.4) is 0 Å². The zero-order valence-corrected chi connectivity index (χ0v) is 13.7. The minimum absolute atomic E-state index is 0.144. The third kappa shape index (κ3) is 3.69. The summed E-state index contributed by atoms with van der Waals surface area (Å²) in [5.41, 5.74) is 0.940. The van der Waals surface area contributed by atoms with Crippen LogP contribution in [-0.4, -0.2) is 36.6 Å². The van der Waals surface area contributed by atoms with Crippen LogP contribution < -0.4 is 10.6 Å². The van der Waals surface area contributed by atoms with E-state index < -0.39 is 9.84 Å². The lowest BCUT2D eigenvalue weighted by molar-refractivity contribution is 0.574. The van der Waals surface area contributed by atoms with E-state index in [2.05, 4.69) is 15.6 Å². The molecule has 0 unspecified atom stereocenters. The van der Waals surface area contributed by atoms with E-state index in [9.17, 15) is 8.42 Å². The second-order valence-corrected chi connectivity index (χ2v) is 8.76. The van der Waals surface area contributed by atoms with Crippen molar-refractivity contribution in [2.45, 2.75) is 6.42 Å². The SMILES string of the molecule is O=S1(=O)CC[C@H](CNC(=S)Nc2nc3ccccc3s2)C1. The van der Waals surface area contributed by atoms with Crippen LogP contribution in [0.4, 0.5) is 5.13 Å². The molecule has 1 aromatic carbocycles. The van der Waals surface area contributed by atoms with Crippen LogP contribution in [0.25, 0.3) is 10.2 Å². The molecule has 2 N–H and O–H groups in total. The summed E-state index contributed by atoms with van der Waals surface area (Å²) in [4.78, 5) is 4.44. The van der Waals surface area contributed by atoms with Crippen LogP contribution in [0, 0.1) is 5.92 Å². The number of thiazole rings is 1. The van der Waals surface area contributed by atoms with Gasteiger partial charge >= 0.3 is 0 Å². The summed E-state index contributed by atoms with van der Waals surface area (Å²) in [6, 6.07) is 7.89. The van der Waals surface area contributed by atoms with Crippen molar-refractivity contribution in [3.05, 3.63) is 24.3 Å². The zero-order chi connectivity index (χ0) is 14.9. The predicted molar refractivity (Wildman–Crippen MR) is 90.6 cm³/mol. The van der Waals surface area contributed by atoms with Crippen molar-refractivity contribution < 1.29 is 8.42 Å². The molecule has 5 nitrogen and oxygen atoms in total. The highest BCUT2D eigenvalue weighted by Gasteiger charge is 2.27. The number of thiocarbonyl (C=S) groups is 1. The molecule has 1 saturated heterocycles. The molecule has 0 spiro atoms. The van der Waals surface area contributed by atoms with Crippen molar-refractivity contribution in [2.75, 3.05) is 23.4 Å². The van der Waals surface area contributed by atoms with Gasteiger partial charge in [0, 0.05) is 6.54 Å². The normalized spacial score (nSPS) is 20.5. The number of benzene rings is 1. The number of nitrogens with one attached hydrogen (secondary N) is 2. The smallest absolute Gasteiger partial charge is 0.190 e. The number of aromatic nitrogens is 1. The summed E-state index contributed by atoms with van der Waals surface area (Å²) in [6.45, 7) is 0.579. The summed E-state index contributed by atoms with van der Waals surface area (Å²) in [7, 11) is -2.83. The standard InChI is InChI=1S/C13H15N3O2S3/c17-21(18)6-5-9(8-21)7-14-12(19)16-13-15-10-3-1-2-4-11(10)20-13/h1-4,9H,5-8H2,(H2,14,15,16,19)/t9-/m1/s1. The fourth-order valence-corrected chi connectivity index (χ4v) is 5.31. The molecule has 21 heavy (non-hydrogen) atoms. The average molecular weight is 341 g/mol. The van der Waals surface area contributed by atoms with Gasteiger partial charge in [-0.3, -0.25) is 0 Å². The molecule has 0 bridgehead atoms. The molecular weight excluding hydrogens is 326 g/mol. The Hall–Kier alpha value is -1.25. The Balaban J connectivity index is 1.54. The first-order chi connectivity index (χ1) is 10.0. The van der Waals surface area contributed by atoms with E-state index in [4.69, 9.17) is 12.2 Å². The lowest BCUT2D eigenvalue weighted by Crippen LogP contribution is -2.33. The molecule has 0 radical (unpaired) electrons. The van der Waals surface area contributed by atoms with Crippen LogP contribution in [0.1, 0.15) is 6.42 Å². The Morgan fingerprint density at radius 2 is 2.24 bits per heavy atom. The largest absolute Gasteiger partial charge is 0.362 e. The molecule has 8 heteroatoms. The maximum absolute atomic E-state index is 11.4. The first-order valence-electron chi connectivity index (χ1n) is 6.63. The fourth-order valence-electron chi connectivity index (χ4n) is 2.34. The van der Waals surface area contributed by atoms with Gasteiger partial charge in [0.25, 0.3) is 0 Å². The number of nitrogens with zero attached hydrogens (tertiary/aromatic N) is 1. The van der Waals surface area contributed by atoms with E-state index in [0.717, 1.165) is 15.3 Å². The Kier molecular flexibility index (Phi) is 4.10. The highest BCUT2D eigenvalue weighted by atomic mass is 32.2. The number of anilines is 1. The predicted octanol–water partition coefficient (Wildman–Crippen LogP) is 2.02. The molecule has 1 aliphatic heterocycles. The molecule has 0 amide bonds. The van der Waals surface area contributed by atoms with Gasteiger partial charge in [0.15, 0.2) is 20.1 Å². The maximum Gasteiger partial charge on any atom is 0.190 e. The van der Waals surface area contributed by atoms with E-state index in [0.29, 0.717) is 18.1 Å². The summed E-state index contributed by atoms with van der Waals surface area (Å²) in [6.07, 6.45) is 0.707. The number of hydrogen-bond donors (Lipinski definition) is 2. The van der Waals surface area contributed by atoms with Crippen LogP contribution in [-0.2, 0) is 9.84 Å². The quantitative estimate of drug-likeness (QED) is 0.832. The van der Waals surface area contributed by atoms with Crippen molar-refractivity contribution in [3.63, 3.8) is 0 Å². The summed E-state index contributed by atoms with van der Waals surface area (Å²) >= 11 is 6.77. The number of rotatable bonds is 3. The first kappa shape index (κ1) is 14.7. The van der Waals surface area contributed by atoms with Crippen molar-refractivity contribution in [1.82, 2.24) is 10.3 Å². The summed E-state index contributed by atoms with van der Waals surface area (Å²) < 4.78 is 23.9. The molecule has 1 atom stereocenters. The number of sulfone groups is 1. The van der Waals surface area contributed by atoms with Gasteiger partial charge in [0.05, 0.1) is 21.7 Å². The second-order valence-electron chi connectivity index (χ2n) is 5.09. The second kappa shape index (κ2) is 5.86. The Morgan fingerprint density at radius 1 is 1.43 bits per heavy atom. The van der Waals surface area contributed by atoms with Crippen molar-refractivity contribution in [3.8, 4) is 0 Å². The minimum Gasteiger partial charge on any atom is -0.362 e. The molecule has 0 aliphatic carbocycles. The number of fused-ring (bicyclic) bond motifs is 1. The first-order valence-corrected chi connectivity index (χ1v) is 9.67. The monoisotopic (exact) mass is 341 g/mol. The molecule has 1 aliphatic rings. The number of para-hydroxylation sites is 1. The van der Waals surface area contributed by atoms with Crippen LogP contribution in [0.5, 0.6) is 0 Å². The Labute approximate surface area is 132 Å². The van der Waals surface area contributed by atoms with E-state index in [1.165, 1.54) is 11.3 Å². The van der Waals surface area contributed by atoms with Gasteiger partial charge in [-0.15, -0.1) is 0 Å². The van der Waals surface area contributed by atoms with E-state index in [-0.39, 0.29) is 17.4 Å². The van der Waals surface area contributed by atoms with Crippen LogP contribution >= 0.6 is 23.6 Å². The molecule has 0 saturated carbocycles. The molecule has 2 aromatic rings. The highest BCUT2D eigenvalue weighted by molar-refractivity contribution is 7.91. The third-order valence-corrected chi connectivity index (χ3v) is 6.43. The topological polar surface area (TPSA) is 71.1 Å². The molecule has 2 heterocycles. The maximum atomic E-state index is 11.4. The van der Waals surface area contributed by atoms with Crippen molar-refractivity contribution in [2.24, 2.45) is 5.92 Å². The van der Waals surface area contributed by atoms with Crippen molar-refractivity contribution >= 4 is 53.9 Å². The summed E-state index contributed by atoms with van der Waals surface area (Å²) in [5, 5.41) is 7.36. The van der Waals surface area contributed by atoms with E-state index in [1.54, 1.807) is 0 Å². The molecular formula is C13H15N3O2S3. The van der Waals surface area contributed by atoms with Crippen LogP contribution in [0.2, 0.25) is 0 Å². The van der Waals surface area contributed by atoms with Gasteiger partial charge in [-0.25, -0.2) is 13.4 Å². The average Bonchev–Trinajstić information content (AvgIpc) is 2.98. The van der Waals surface area contributed by atoms with Gasteiger partial charge in [-0.05, 0) is 36.7 Å². The van der Waals surface area contributed by atoms with Gasteiger partial charge in [-0.2, -0.15) is 0 Å². The van der Waals surface area contributed by atoms with Crippen LogP contribution in [0.15, 0.2) is 24.3 Å². The van der Waals surface area contributed by atoms with E-state index >= 15 is 0 Å². The van der Waals surface area contributed by atoms with Gasteiger partial charge in [0.1, 0.15) is 0 Å². The summed E-state index contributed by atoms with van der Waals surface area (Å²) in [5.74, 6) is 0.686. The third-order valence-electron chi connectivity index (χ3n) is 3.39. The van der Waals surface area contributed by atoms with E-state index in [1.807, 2.05) is 24.3 Å². The Morgan fingerprint density at radius 3 is 2.95 bits per heavy atom. The molecule has 112 valence electrons. The molecule has 1 aromatic heterocycles.